The number of benzene rings is 4. The molecule has 4 aromatic carbocycles. The number of carbonyl (C=O) groups is 3. The van der Waals surface area contributed by atoms with Crippen molar-refractivity contribution in [3.05, 3.63) is 125 Å². The van der Waals surface area contributed by atoms with Crippen LogP contribution in [0.3, 0.4) is 0 Å². The van der Waals surface area contributed by atoms with E-state index in [9.17, 15) is 24.3 Å². The number of ether oxygens (including phenoxy) is 1. The Kier molecular flexibility index (Phi) is 8.98. The van der Waals surface area contributed by atoms with Gasteiger partial charge in [0.15, 0.2) is 13.9 Å². The number of hydrogen-bond acceptors (Lipinski definition) is 6. The van der Waals surface area contributed by atoms with Crippen molar-refractivity contribution in [1.29, 1.82) is 0 Å². The van der Waals surface area contributed by atoms with Crippen molar-refractivity contribution >= 4 is 43.6 Å². The third-order valence-corrected chi connectivity index (χ3v) is 13.4. The Morgan fingerprint density at radius 3 is 2.26 bits per heavy atom. The summed E-state index contributed by atoms with van der Waals surface area (Å²) in [5.74, 6) is -0.783. The van der Waals surface area contributed by atoms with Crippen LogP contribution in [0.4, 0.5) is 17.1 Å². The topological polar surface area (TPSA) is 111 Å². The molecule has 3 aliphatic heterocycles. The number of aliphatic hydroxyl groups excluding tert-OH is 1. The third kappa shape index (κ3) is 5.75. The Bertz CT molecular complexity index is 1900. The van der Waals surface area contributed by atoms with Crippen LogP contribution in [0, 0.1) is 5.92 Å². The third-order valence-electron chi connectivity index (χ3n) is 10.8. The van der Waals surface area contributed by atoms with Crippen LogP contribution in [0.2, 0.25) is 18.6 Å². The number of anilines is 3. The van der Waals surface area contributed by atoms with Crippen LogP contribution in [0.1, 0.15) is 35.6 Å². The highest BCUT2D eigenvalue weighted by molar-refractivity contribution is 6.71. The van der Waals surface area contributed by atoms with Gasteiger partial charge in [0, 0.05) is 34.9 Å². The minimum atomic E-state index is -2.99. The average molecular weight is 690 g/mol. The molecular weight excluding hydrogens is 647 g/mol. The minimum absolute atomic E-state index is 0.00201. The highest BCUT2D eigenvalue weighted by Crippen LogP contribution is 2.59. The molecule has 9 nitrogen and oxygen atoms in total. The molecule has 3 amide bonds. The highest BCUT2D eigenvalue weighted by Gasteiger charge is 2.66. The minimum Gasteiger partial charge on any atom is -0.432 e. The van der Waals surface area contributed by atoms with Crippen LogP contribution in [-0.4, -0.2) is 60.1 Å². The molecule has 1 spiro atoms. The lowest BCUT2D eigenvalue weighted by Gasteiger charge is -2.37. The SMILES string of the molecule is C[C@@H]1[C@@H]([Si](C)(C)O)[C@H](CC(=O)N2Cc3ccccc3C[C@H]2CO)O[C@@]12C(=O)N(Cc1ccc(N(C=O)c3ccccc3)cc1)c1ccccc12. The molecule has 0 unspecified atom stereocenters. The lowest BCUT2D eigenvalue weighted by molar-refractivity contribution is -0.151. The van der Waals surface area contributed by atoms with Crippen LogP contribution >= 0.6 is 0 Å². The summed E-state index contributed by atoms with van der Waals surface area (Å²) in [6, 6.07) is 32.2. The molecule has 1 saturated heterocycles. The molecular formula is C40H43N3O6Si. The second-order valence-electron chi connectivity index (χ2n) is 14.3. The molecule has 3 heterocycles. The fourth-order valence-electron chi connectivity index (χ4n) is 8.52. The lowest BCUT2D eigenvalue weighted by Crippen LogP contribution is -2.48. The van der Waals surface area contributed by atoms with E-state index < -0.39 is 31.5 Å². The molecule has 4 aromatic rings. The van der Waals surface area contributed by atoms with Crippen molar-refractivity contribution in [1.82, 2.24) is 4.90 Å². The second kappa shape index (κ2) is 13.3. The standard InChI is InChI=1S/C40H43N3O6Si/c1-27-38(50(2,3)48)36(22-37(46)41-24-30-12-8-7-11-29(30)21-33(41)25-44)49-40(27)34-15-9-10-16-35(34)42(39(40)47)23-28-17-19-32(20-18-28)43(26-45)31-13-5-4-6-14-31/h4-20,26-27,33,36,38,44,48H,21-25H2,1-3H3/t27-,33+,36+,38-,40+/m1/s1. The first kappa shape index (κ1) is 33.9. The maximum Gasteiger partial charge on any atom is 0.264 e. The van der Waals surface area contributed by atoms with Gasteiger partial charge in [-0.05, 0) is 66.5 Å². The molecule has 0 saturated carbocycles. The zero-order chi connectivity index (χ0) is 35.2. The molecule has 5 atom stereocenters. The average Bonchev–Trinajstić information content (AvgIpc) is 3.55. The summed E-state index contributed by atoms with van der Waals surface area (Å²) in [4.78, 5) is 57.6. The summed E-state index contributed by atoms with van der Waals surface area (Å²) < 4.78 is 6.91. The monoisotopic (exact) mass is 689 g/mol. The van der Waals surface area contributed by atoms with Gasteiger partial charge in [-0.2, -0.15) is 0 Å². The Morgan fingerprint density at radius 1 is 0.940 bits per heavy atom. The zero-order valence-corrected chi connectivity index (χ0v) is 29.6. The summed E-state index contributed by atoms with van der Waals surface area (Å²) in [7, 11) is -2.99. The van der Waals surface area contributed by atoms with Crippen molar-refractivity contribution in [2.24, 2.45) is 5.92 Å². The maximum absolute atomic E-state index is 14.8. The van der Waals surface area contributed by atoms with E-state index in [4.69, 9.17) is 4.74 Å². The quantitative estimate of drug-likeness (QED) is 0.173. The number of hydrogen-bond donors (Lipinski definition) is 2. The smallest absolute Gasteiger partial charge is 0.264 e. The summed E-state index contributed by atoms with van der Waals surface area (Å²) in [5, 5.41) is 10.3. The molecule has 7 rings (SSSR count). The fourth-order valence-corrected chi connectivity index (χ4v) is 11.1. The van der Waals surface area contributed by atoms with E-state index in [0.717, 1.165) is 40.0 Å². The van der Waals surface area contributed by atoms with Crippen LogP contribution in [-0.2, 0) is 44.2 Å². The molecule has 3 aliphatic rings. The molecule has 0 bridgehead atoms. The predicted octanol–water partition coefficient (Wildman–Crippen LogP) is 5.66. The maximum atomic E-state index is 14.8. The van der Waals surface area contributed by atoms with Gasteiger partial charge >= 0.3 is 0 Å². The van der Waals surface area contributed by atoms with Crippen molar-refractivity contribution < 1.29 is 29.0 Å². The molecule has 50 heavy (non-hydrogen) atoms. The van der Waals surface area contributed by atoms with Gasteiger partial charge in [-0.15, -0.1) is 0 Å². The van der Waals surface area contributed by atoms with Crippen molar-refractivity contribution in [3.8, 4) is 0 Å². The number of para-hydroxylation sites is 2. The van der Waals surface area contributed by atoms with Gasteiger partial charge in [0.05, 0.1) is 37.4 Å². The van der Waals surface area contributed by atoms with Crippen molar-refractivity contribution in [3.63, 3.8) is 0 Å². The largest absolute Gasteiger partial charge is 0.432 e. The number of amides is 3. The molecule has 2 N–H and O–H groups in total. The van der Waals surface area contributed by atoms with E-state index in [-0.39, 0.29) is 37.4 Å². The van der Waals surface area contributed by atoms with Gasteiger partial charge in [-0.3, -0.25) is 19.3 Å². The molecule has 0 aliphatic carbocycles. The zero-order valence-electron chi connectivity index (χ0n) is 28.6. The molecule has 10 heteroatoms. The number of rotatable bonds is 9. The van der Waals surface area contributed by atoms with E-state index in [1.807, 2.05) is 123 Å². The van der Waals surface area contributed by atoms with Crippen LogP contribution in [0.25, 0.3) is 0 Å². The van der Waals surface area contributed by atoms with Gasteiger partial charge in [0.1, 0.15) is 0 Å². The Hall–Kier alpha value is -4.61. The Labute approximate surface area is 293 Å². The van der Waals surface area contributed by atoms with E-state index >= 15 is 0 Å². The highest BCUT2D eigenvalue weighted by atomic mass is 28.4. The molecule has 1 fully saturated rings. The van der Waals surface area contributed by atoms with Crippen molar-refractivity contribution in [2.75, 3.05) is 16.4 Å². The number of carbonyl (C=O) groups excluding carboxylic acids is 3. The second-order valence-corrected chi connectivity index (χ2v) is 18.3. The fraction of sp³-hybridized carbons (Fsp3) is 0.325. The number of nitrogens with zero attached hydrogens (tertiary/aromatic N) is 3. The Balaban J connectivity index is 1.17. The summed E-state index contributed by atoms with van der Waals surface area (Å²) in [6.45, 7) is 6.19. The van der Waals surface area contributed by atoms with Gasteiger partial charge in [-0.25, -0.2) is 0 Å². The first-order valence-electron chi connectivity index (χ1n) is 17.2. The predicted molar refractivity (Wildman–Crippen MR) is 194 cm³/mol. The Morgan fingerprint density at radius 2 is 1.58 bits per heavy atom. The molecule has 0 aromatic heterocycles. The van der Waals surface area contributed by atoms with Crippen LogP contribution in [0.5, 0.6) is 0 Å². The van der Waals surface area contributed by atoms with E-state index in [1.165, 1.54) is 0 Å². The van der Waals surface area contributed by atoms with Gasteiger partial charge in [0.2, 0.25) is 12.3 Å². The number of aliphatic hydroxyl groups is 1. The van der Waals surface area contributed by atoms with Crippen molar-refractivity contribution in [2.45, 2.75) is 69.2 Å². The van der Waals surface area contributed by atoms with E-state index in [1.54, 1.807) is 14.7 Å². The number of fused-ring (bicyclic) bond motifs is 3. The van der Waals surface area contributed by atoms with Gasteiger partial charge in [-0.1, -0.05) is 79.7 Å². The normalized spacial score (nSPS) is 24.3. The van der Waals surface area contributed by atoms with E-state index in [2.05, 4.69) is 0 Å². The lowest BCUT2D eigenvalue weighted by atomic mass is 9.82. The van der Waals surface area contributed by atoms with Crippen LogP contribution < -0.4 is 9.80 Å². The first-order valence-corrected chi connectivity index (χ1v) is 20.3. The van der Waals surface area contributed by atoms with E-state index in [0.29, 0.717) is 18.7 Å². The van der Waals surface area contributed by atoms with Gasteiger partial charge in [0.25, 0.3) is 5.91 Å². The summed E-state index contributed by atoms with van der Waals surface area (Å²) in [6.07, 6.45) is 0.655. The van der Waals surface area contributed by atoms with Gasteiger partial charge < -0.3 is 24.4 Å². The molecule has 258 valence electrons. The first-order chi connectivity index (χ1) is 24.1. The molecule has 0 radical (unpaired) electrons. The van der Waals surface area contributed by atoms with Crippen LogP contribution in [0.15, 0.2) is 103 Å². The summed E-state index contributed by atoms with van der Waals surface area (Å²) >= 11 is 0. The summed E-state index contributed by atoms with van der Waals surface area (Å²) in [5.41, 5.74) is 4.22.